The fourth-order valence-corrected chi connectivity index (χ4v) is 6.33. The molecule has 0 aliphatic heterocycles. The summed E-state index contributed by atoms with van der Waals surface area (Å²) in [5.74, 6) is -0.389. The number of amides is 1. The Morgan fingerprint density at radius 2 is 2.03 bits per heavy atom. The van der Waals surface area contributed by atoms with Crippen LogP contribution in [0.3, 0.4) is 0 Å². The van der Waals surface area contributed by atoms with Crippen molar-refractivity contribution in [2.45, 2.75) is 11.3 Å². The SMILES string of the molecule is CCOC(=O)c1c(-c2cccs2)csc1NC(=O)CSc1nc2ccccc2s1. The van der Waals surface area contributed by atoms with E-state index in [-0.39, 0.29) is 18.3 Å². The Morgan fingerprint density at radius 3 is 2.79 bits per heavy atom. The average molecular weight is 461 g/mol. The summed E-state index contributed by atoms with van der Waals surface area (Å²) in [7, 11) is 0. The molecule has 3 heterocycles. The third kappa shape index (κ3) is 4.53. The zero-order valence-electron chi connectivity index (χ0n) is 15.3. The number of anilines is 1. The molecule has 3 aromatic heterocycles. The van der Waals surface area contributed by atoms with Crippen molar-refractivity contribution in [1.29, 1.82) is 0 Å². The van der Waals surface area contributed by atoms with Gasteiger partial charge in [0.25, 0.3) is 0 Å². The number of para-hydroxylation sites is 1. The predicted molar refractivity (Wildman–Crippen MR) is 123 cm³/mol. The van der Waals surface area contributed by atoms with Crippen molar-refractivity contribution in [3.05, 3.63) is 52.7 Å². The maximum absolute atomic E-state index is 12.5. The summed E-state index contributed by atoms with van der Waals surface area (Å²) in [5, 5.41) is 7.23. The van der Waals surface area contributed by atoms with Crippen LogP contribution in [0.4, 0.5) is 5.00 Å². The quantitative estimate of drug-likeness (QED) is 0.271. The molecule has 0 spiro atoms. The Balaban J connectivity index is 1.49. The van der Waals surface area contributed by atoms with Gasteiger partial charge in [-0.1, -0.05) is 30.0 Å². The van der Waals surface area contributed by atoms with Crippen LogP contribution in [0.15, 0.2) is 51.5 Å². The number of aromatic nitrogens is 1. The second-order valence-corrected chi connectivity index (χ2v) is 9.92. The van der Waals surface area contributed by atoms with E-state index in [0.717, 1.165) is 25.0 Å². The van der Waals surface area contributed by atoms with Crippen LogP contribution in [-0.2, 0) is 9.53 Å². The van der Waals surface area contributed by atoms with Gasteiger partial charge in [-0.3, -0.25) is 4.79 Å². The number of fused-ring (bicyclic) bond motifs is 1. The van der Waals surface area contributed by atoms with Crippen molar-refractivity contribution in [1.82, 2.24) is 4.98 Å². The molecule has 0 radical (unpaired) electrons. The van der Waals surface area contributed by atoms with Crippen molar-refractivity contribution in [2.24, 2.45) is 0 Å². The zero-order chi connectivity index (χ0) is 20.2. The molecule has 29 heavy (non-hydrogen) atoms. The number of nitrogens with one attached hydrogen (secondary N) is 1. The number of carbonyl (C=O) groups excluding carboxylic acids is 2. The smallest absolute Gasteiger partial charge is 0.341 e. The molecular formula is C20H16N2O3S4. The molecule has 0 saturated carbocycles. The standard InChI is InChI=1S/C20H16N2O3S4/c1-2-25-19(24)17-12(14-8-5-9-26-14)10-27-18(17)22-16(23)11-28-20-21-13-6-3-4-7-15(13)29-20/h3-10H,2,11H2,1H3,(H,22,23). The van der Waals surface area contributed by atoms with Gasteiger partial charge in [-0.15, -0.1) is 34.0 Å². The fraction of sp³-hybridized carbons (Fsp3) is 0.150. The highest BCUT2D eigenvalue weighted by Crippen LogP contribution is 2.38. The van der Waals surface area contributed by atoms with E-state index in [0.29, 0.717) is 10.6 Å². The molecule has 9 heteroatoms. The van der Waals surface area contributed by atoms with Crippen LogP contribution < -0.4 is 5.32 Å². The van der Waals surface area contributed by atoms with Crippen molar-refractivity contribution in [3.63, 3.8) is 0 Å². The van der Waals surface area contributed by atoms with E-state index < -0.39 is 5.97 Å². The number of thiazole rings is 1. The van der Waals surface area contributed by atoms with Crippen molar-refractivity contribution >= 4 is 72.9 Å². The Hall–Kier alpha value is -2.20. The maximum Gasteiger partial charge on any atom is 0.341 e. The number of esters is 1. The van der Waals surface area contributed by atoms with Gasteiger partial charge in [0.15, 0.2) is 4.34 Å². The second-order valence-electron chi connectivity index (χ2n) is 5.84. The molecule has 148 valence electrons. The maximum atomic E-state index is 12.5. The normalized spacial score (nSPS) is 10.9. The molecule has 4 aromatic rings. The average Bonchev–Trinajstić information content (AvgIpc) is 3.45. The molecule has 0 aliphatic carbocycles. The lowest BCUT2D eigenvalue weighted by molar-refractivity contribution is -0.113. The van der Waals surface area contributed by atoms with Gasteiger partial charge in [-0.2, -0.15) is 0 Å². The Labute approximate surface area is 183 Å². The predicted octanol–water partition coefficient (Wildman–Crippen LogP) is 5.99. The molecule has 0 atom stereocenters. The molecule has 0 saturated heterocycles. The van der Waals surface area contributed by atoms with Crippen LogP contribution >= 0.6 is 45.8 Å². The largest absolute Gasteiger partial charge is 0.462 e. The number of nitrogens with zero attached hydrogens (tertiary/aromatic N) is 1. The van der Waals surface area contributed by atoms with Crippen LogP contribution in [0.1, 0.15) is 17.3 Å². The number of carbonyl (C=O) groups is 2. The van der Waals surface area contributed by atoms with E-state index in [1.54, 1.807) is 29.6 Å². The van der Waals surface area contributed by atoms with Crippen LogP contribution in [0.25, 0.3) is 20.7 Å². The summed E-state index contributed by atoms with van der Waals surface area (Å²) >= 11 is 5.83. The summed E-state index contributed by atoms with van der Waals surface area (Å²) in [6.45, 7) is 2.04. The number of hydrogen-bond acceptors (Lipinski definition) is 8. The molecule has 1 amide bonds. The molecule has 0 bridgehead atoms. The third-order valence-electron chi connectivity index (χ3n) is 3.91. The van der Waals surface area contributed by atoms with E-state index >= 15 is 0 Å². The van der Waals surface area contributed by atoms with Gasteiger partial charge in [0.2, 0.25) is 5.91 Å². The minimum Gasteiger partial charge on any atom is -0.462 e. The minimum atomic E-state index is -0.425. The summed E-state index contributed by atoms with van der Waals surface area (Å²) < 4.78 is 7.16. The van der Waals surface area contributed by atoms with Crippen LogP contribution in [-0.4, -0.2) is 29.2 Å². The molecule has 4 rings (SSSR count). The summed E-state index contributed by atoms with van der Waals surface area (Å²) in [6.07, 6.45) is 0. The molecule has 5 nitrogen and oxygen atoms in total. The zero-order valence-corrected chi connectivity index (χ0v) is 18.6. The monoisotopic (exact) mass is 460 g/mol. The highest BCUT2D eigenvalue weighted by atomic mass is 32.2. The van der Waals surface area contributed by atoms with Crippen molar-refractivity contribution in [2.75, 3.05) is 17.7 Å². The van der Waals surface area contributed by atoms with Gasteiger partial charge in [0, 0.05) is 15.8 Å². The number of thioether (sulfide) groups is 1. The van der Waals surface area contributed by atoms with E-state index in [4.69, 9.17) is 4.74 Å². The van der Waals surface area contributed by atoms with Crippen LogP contribution in [0.2, 0.25) is 0 Å². The minimum absolute atomic E-state index is 0.181. The summed E-state index contributed by atoms with van der Waals surface area (Å²) in [6, 6.07) is 11.8. The number of ether oxygens (including phenoxy) is 1. The van der Waals surface area contributed by atoms with Crippen molar-refractivity contribution < 1.29 is 14.3 Å². The first-order valence-corrected chi connectivity index (χ1v) is 12.3. The lowest BCUT2D eigenvalue weighted by Gasteiger charge is -2.07. The Morgan fingerprint density at radius 1 is 1.17 bits per heavy atom. The van der Waals surface area contributed by atoms with Crippen molar-refractivity contribution in [3.8, 4) is 10.4 Å². The third-order valence-corrected chi connectivity index (χ3v) is 7.89. The molecule has 1 N–H and O–H groups in total. The molecule has 0 unspecified atom stereocenters. The first-order chi connectivity index (χ1) is 14.2. The number of thiophene rings is 2. The summed E-state index contributed by atoms with van der Waals surface area (Å²) in [4.78, 5) is 30.6. The lowest BCUT2D eigenvalue weighted by Crippen LogP contribution is -2.16. The van der Waals surface area contributed by atoms with Crippen LogP contribution in [0.5, 0.6) is 0 Å². The van der Waals surface area contributed by atoms with E-state index in [1.807, 2.05) is 47.2 Å². The van der Waals surface area contributed by atoms with E-state index in [9.17, 15) is 9.59 Å². The first-order valence-electron chi connectivity index (χ1n) is 8.76. The van der Waals surface area contributed by atoms with E-state index in [2.05, 4.69) is 10.3 Å². The lowest BCUT2D eigenvalue weighted by atomic mass is 10.1. The van der Waals surface area contributed by atoms with Gasteiger partial charge >= 0.3 is 5.97 Å². The number of benzene rings is 1. The van der Waals surface area contributed by atoms with Crippen LogP contribution in [0, 0.1) is 0 Å². The van der Waals surface area contributed by atoms with Gasteiger partial charge < -0.3 is 10.1 Å². The molecule has 0 fully saturated rings. The molecule has 1 aromatic carbocycles. The van der Waals surface area contributed by atoms with E-state index in [1.165, 1.54) is 23.1 Å². The highest BCUT2D eigenvalue weighted by molar-refractivity contribution is 8.01. The Kier molecular flexibility index (Phi) is 6.29. The Bertz CT molecular complexity index is 1110. The number of rotatable bonds is 7. The summed E-state index contributed by atoms with van der Waals surface area (Å²) in [5.41, 5.74) is 2.14. The van der Waals surface area contributed by atoms with Gasteiger partial charge in [-0.05, 0) is 30.5 Å². The second kappa shape index (κ2) is 9.08. The van der Waals surface area contributed by atoms with Gasteiger partial charge in [0.05, 0.1) is 22.6 Å². The van der Waals surface area contributed by atoms with Gasteiger partial charge in [-0.25, -0.2) is 9.78 Å². The topological polar surface area (TPSA) is 68.3 Å². The molecular weight excluding hydrogens is 444 g/mol. The number of hydrogen-bond donors (Lipinski definition) is 1. The molecule has 0 aliphatic rings. The highest BCUT2D eigenvalue weighted by Gasteiger charge is 2.23. The van der Waals surface area contributed by atoms with Gasteiger partial charge in [0.1, 0.15) is 10.6 Å². The first kappa shape index (κ1) is 20.1. The fourth-order valence-electron chi connectivity index (χ4n) is 2.67.